The van der Waals surface area contributed by atoms with Gasteiger partial charge >= 0.3 is 5.79 Å². The van der Waals surface area contributed by atoms with Gasteiger partial charge in [-0.3, -0.25) is 4.90 Å². The maximum absolute atomic E-state index is 7.65. The second kappa shape index (κ2) is 18.4. The average molecular weight is 1000 g/mol. The molecule has 69 heavy (non-hydrogen) atoms. The highest BCUT2D eigenvalue weighted by atomic mass is 35.5. The summed E-state index contributed by atoms with van der Waals surface area (Å²) in [7, 11) is 0. The van der Waals surface area contributed by atoms with Crippen LogP contribution in [0.2, 0.25) is 20.1 Å². The van der Waals surface area contributed by atoms with Crippen molar-refractivity contribution < 1.29 is 19.2 Å². The second-order valence-electron chi connectivity index (χ2n) is 19.6. The number of rotatable bonds is 10. The van der Waals surface area contributed by atoms with Crippen molar-refractivity contribution in [1.82, 2.24) is 4.90 Å². The zero-order chi connectivity index (χ0) is 48.4. The van der Waals surface area contributed by atoms with Gasteiger partial charge in [0.25, 0.3) is 5.90 Å². The van der Waals surface area contributed by atoms with Crippen LogP contribution >= 0.6 is 46.4 Å². The summed E-state index contributed by atoms with van der Waals surface area (Å²) in [6.07, 6.45) is 0. The molecule has 0 aromatic heterocycles. The number of fused-ring (bicyclic) bond motifs is 2. The quantitative estimate of drug-likeness (QED) is 0.137. The fourth-order valence-electron chi connectivity index (χ4n) is 10.6. The molecule has 1 fully saturated rings. The van der Waals surface area contributed by atoms with Gasteiger partial charge in [-0.15, -0.1) is 0 Å². The lowest BCUT2D eigenvalue weighted by molar-refractivity contribution is -0.383. The van der Waals surface area contributed by atoms with E-state index in [0.717, 1.165) is 16.7 Å². The molecule has 6 aromatic carbocycles. The lowest BCUT2D eigenvalue weighted by atomic mass is 9.60. The van der Waals surface area contributed by atoms with Gasteiger partial charge in [-0.05, 0) is 99.6 Å². The molecule has 1 saturated heterocycles. The van der Waals surface area contributed by atoms with Gasteiger partial charge in [-0.2, -0.15) is 0 Å². The highest BCUT2D eigenvalue weighted by Crippen LogP contribution is 2.64. The van der Waals surface area contributed by atoms with E-state index < -0.39 is 28.8 Å². The van der Waals surface area contributed by atoms with E-state index >= 15 is 0 Å². The Labute approximate surface area is 424 Å². The number of hydrogen-bond acceptors (Lipinski definition) is 8. The summed E-state index contributed by atoms with van der Waals surface area (Å²) in [5.74, 6) is -2.39. The van der Waals surface area contributed by atoms with E-state index in [0.29, 0.717) is 66.0 Å². The lowest BCUT2D eigenvalue weighted by Gasteiger charge is -2.58. The Morgan fingerprint density at radius 2 is 0.899 bits per heavy atom. The summed E-state index contributed by atoms with van der Waals surface area (Å²) in [5, 5.41) is 17.0. The SMILES string of the molecule is CC(C)c1ccc(C2=NOC3(O2)[C@@]2(CN([C@H](C)c4ccccc4)C[C@]34ON=C(c3ccc(C(C)C)cc3)[C@H]4c3ccc(Cl)cc3Cl)ON=C(c3ccc(C(C)C)cc3)[C@H]2c2ccc(Cl)cc2Cl)cc1. The van der Waals surface area contributed by atoms with Gasteiger partial charge in [0.05, 0.1) is 36.3 Å². The van der Waals surface area contributed by atoms with E-state index in [1.165, 1.54) is 16.7 Å². The van der Waals surface area contributed by atoms with E-state index in [2.05, 4.69) is 126 Å². The first-order valence-electron chi connectivity index (χ1n) is 23.6. The van der Waals surface area contributed by atoms with Crippen molar-refractivity contribution in [3.63, 3.8) is 0 Å². The van der Waals surface area contributed by atoms with Crippen molar-refractivity contribution >= 4 is 63.7 Å². The Kier molecular flexibility index (Phi) is 12.6. The minimum atomic E-state index is -1.98. The minimum absolute atomic E-state index is 0.198. The first kappa shape index (κ1) is 47.3. The number of hydrogen-bond donors (Lipinski definition) is 0. The van der Waals surface area contributed by atoms with Gasteiger partial charge in [0.15, 0.2) is 0 Å². The molecule has 4 aliphatic heterocycles. The Balaban J connectivity index is 1.27. The van der Waals surface area contributed by atoms with Crippen LogP contribution in [0.1, 0.15) is 134 Å². The third-order valence-corrected chi connectivity index (χ3v) is 15.7. The molecule has 1 unspecified atom stereocenters. The Bertz CT molecular complexity index is 2840. The van der Waals surface area contributed by atoms with E-state index in [-0.39, 0.29) is 25.0 Å². The number of halogens is 4. The van der Waals surface area contributed by atoms with Crippen molar-refractivity contribution in [3.8, 4) is 0 Å². The zero-order valence-corrected chi connectivity index (χ0v) is 42.6. The van der Waals surface area contributed by atoms with E-state index in [1.807, 2.05) is 54.6 Å². The van der Waals surface area contributed by atoms with Gasteiger partial charge in [-0.25, -0.2) is 0 Å². The number of ether oxygens (including phenoxy) is 1. The van der Waals surface area contributed by atoms with Crippen LogP contribution in [0.25, 0.3) is 0 Å². The first-order chi connectivity index (χ1) is 33.1. The molecular weight excluding hydrogens is 946 g/mol. The third kappa shape index (κ3) is 8.01. The Morgan fingerprint density at radius 1 is 0.478 bits per heavy atom. The number of oxime groups is 3. The molecule has 0 aliphatic carbocycles. The highest BCUT2D eigenvalue weighted by Gasteiger charge is 2.86. The number of nitrogens with zero attached hydrogens (tertiary/aromatic N) is 4. The van der Waals surface area contributed by atoms with Gasteiger partial charge in [0, 0.05) is 42.8 Å². The molecule has 0 radical (unpaired) electrons. The van der Waals surface area contributed by atoms with Gasteiger partial charge in [-0.1, -0.05) is 201 Å². The van der Waals surface area contributed by atoms with Crippen molar-refractivity contribution in [2.24, 2.45) is 15.5 Å². The topological polar surface area (TPSA) is 77.2 Å². The van der Waals surface area contributed by atoms with Crippen molar-refractivity contribution in [3.05, 3.63) is 210 Å². The van der Waals surface area contributed by atoms with Gasteiger partial charge in [0.2, 0.25) is 11.2 Å². The van der Waals surface area contributed by atoms with E-state index in [9.17, 15) is 0 Å². The molecule has 4 heterocycles. The fraction of sp³-hybridized carbons (Fsp3) is 0.316. The summed E-state index contributed by atoms with van der Waals surface area (Å²) in [6, 6.07) is 46.2. The third-order valence-electron chi connectivity index (χ3n) is 14.5. The smallest absolute Gasteiger partial charge is 0.366 e. The second-order valence-corrected chi connectivity index (χ2v) is 21.3. The maximum Gasteiger partial charge on any atom is 0.366 e. The lowest BCUT2D eigenvalue weighted by Crippen LogP contribution is -2.81. The predicted molar refractivity (Wildman–Crippen MR) is 279 cm³/mol. The van der Waals surface area contributed by atoms with Crippen molar-refractivity contribution in [2.75, 3.05) is 13.1 Å². The summed E-state index contributed by atoms with van der Waals surface area (Å²) < 4.78 is 7.65. The number of benzene rings is 6. The van der Waals surface area contributed by atoms with Gasteiger partial charge in [0.1, 0.15) is 0 Å². The van der Waals surface area contributed by atoms with Crippen LogP contribution in [0.15, 0.2) is 155 Å². The van der Waals surface area contributed by atoms with Crippen LogP contribution in [-0.4, -0.2) is 52.3 Å². The summed E-state index contributed by atoms with van der Waals surface area (Å²) in [5.41, 5.74) is 6.33. The standard InChI is InChI=1S/C57H54Cl4N4O4/c1-33(2)37-13-19-41(20-14-37)52-50(46-27-25-44(58)29-48(46)60)55(67-62-52)31-65(36(7)40-11-9-8-10-12-40)32-56(57(55)66-54(64-69-57)43-23-17-39(18-24-43)35(5)6)51(47-28-26-45(59)30-49(47)61)53(63-68-56)42-21-15-38(16-22-42)34(3)4/h8-30,33-36,50-51H,31-32H2,1-7H3/t36-,50-,51-,55-,56+,57?/m1/s1. The molecule has 0 N–H and O–H groups in total. The highest BCUT2D eigenvalue weighted by molar-refractivity contribution is 6.36. The fourth-order valence-corrected chi connectivity index (χ4v) is 11.6. The normalized spacial score (nSPS) is 24.6. The number of piperidine rings is 1. The van der Waals surface area contributed by atoms with Crippen LogP contribution in [0.5, 0.6) is 0 Å². The molecule has 4 aliphatic rings. The molecule has 6 aromatic rings. The molecule has 354 valence electrons. The van der Waals surface area contributed by atoms with Crippen LogP contribution in [0, 0.1) is 0 Å². The van der Waals surface area contributed by atoms with Crippen molar-refractivity contribution in [1.29, 1.82) is 0 Å². The molecule has 3 spiro atoms. The summed E-state index contributed by atoms with van der Waals surface area (Å²) in [4.78, 5) is 24.2. The molecule has 12 heteroatoms. The monoisotopic (exact) mass is 998 g/mol. The maximum atomic E-state index is 7.65. The molecule has 10 rings (SSSR count). The predicted octanol–water partition coefficient (Wildman–Crippen LogP) is 15.1. The number of likely N-dealkylation sites (tertiary alicyclic amines) is 1. The zero-order valence-electron chi connectivity index (χ0n) is 39.6. The molecule has 0 bridgehead atoms. The molecule has 8 nitrogen and oxygen atoms in total. The summed E-state index contributed by atoms with van der Waals surface area (Å²) in [6.45, 7) is 15.6. The molecule has 0 amide bonds. The largest absolute Gasteiger partial charge is 0.423 e. The molecule has 6 atom stereocenters. The Morgan fingerprint density at radius 3 is 1.30 bits per heavy atom. The Hall–Kier alpha value is -5.35. The van der Waals surface area contributed by atoms with Gasteiger partial charge < -0.3 is 19.2 Å². The van der Waals surface area contributed by atoms with E-state index in [1.54, 1.807) is 12.1 Å². The minimum Gasteiger partial charge on any atom is -0.423 e. The van der Waals surface area contributed by atoms with Crippen LogP contribution < -0.4 is 0 Å². The molecular formula is C57H54Cl4N4O4. The first-order valence-corrected chi connectivity index (χ1v) is 25.1. The summed E-state index contributed by atoms with van der Waals surface area (Å²) >= 11 is 28.3. The van der Waals surface area contributed by atoms with Crippen LogP contribution in [0.4, 0.5) is 0 Å². The van der Waals surface area contributed by atoms with E-state index in [4.69, 9.17) is 81.1 Å². The van der Waals surface area contributed by atoms with Crippen LogP contribution in [0.3, 0.4) is 0 Å². The average Bonchev–Trinajstić information content (AvgIpc) is 4.07. The van der Waals surface area contributed by atoms with Crippen molar-refractivity contribution in [2.45, 2.75) is 101 Å². The van der Waals surface area contributed by atoms with Crippen LogP contribution in [-0.2, 0) is 19.2 Å². The molecule has 0 saturated carbocycles.